The zero-order valence-corrected chi connectivity index (χ0v) is 15.4. The molecule has 0 aliphatic rings. The first-order valence-electron chi connectivity index (χ1n) is 8.20. The molecule has 0 aliphatic carbocycles. The third-order valence-electron chi connectivity index (χ3n) is 3.88. The van der Waals surface area contributed by atoms with Crippen LogP contribution in [0, 0.1) is 5.82 Å². The molecule has 138 valence electrons. The smallest absolute Gasteiger partial charge is 0.291 e. The van der Waals surface area contributed by atoms with Crippen LogP contribution in [0.25, 0.3) is 11.3 Å². The highest BCUT2D eigenvalue weighted by atomic mass is 35.5. The zero-order valence-electron chi connectivity index (χ0n) is 14.7. The van der Waals surface area contributed by atoms with Gasteiger partial charge in [0.05, 0.1) is 22.5 Å². The van der Waals surface area contributed by atoms with Crippen LogP contribution in [0.15, 0.2) is 47.5 Å². The quantitative estimate of drug-likeness (QED) is 0.669. The number of nitrogens with one attached hydrogen (secondary N) is 1. The minimum Gasteiger partial charge on any atom is -0.349 e. The van der Waals surface area contributed by atoms with Crippen LogP contribution in [0.5, 0.6) is 0 Å². The first-order chi connectivity index (χ1) is 12.9. The van der Waals surface area contributed by atoms with Gasteiger partial charge in [-0.3, -0.25) is 14.6 Å². The number of hydrogen-bond acceptors (Lipinski definition) is 5. The molecule has 0 aliphatic heterocycles. The van der Waals surface area contributed by atoms with Gasteiger partial charge in [0.2, 0.25) is 0 Å². The van der Waals surface area contributed by atoms with Gasteiger partial charge in [-0.05, 0) is 32.0 Å². The Balaban J connectivity index is 2.29. The standard InChI is InChI=1S/C19H16ClFN4O2/c1-3-25-19(27)18(23-15-8-13(20)9-22-10-15)16(11(2)26)17(24-25)12-5-4-6-14(21)7-12/h4-10,23H,3H2,1-2H3. The summed E-state index contributed by atoms with van der Waals surface area (Å²) in [4.78, 5) is 29.2. The number of nitrogens with zero attached hydrogens (tertiary/aromatic N) is 3. The third kappa shape index (κ3) is 3.88. The number of hydrogen-bond donors (Lipinski definition) is 1. The summed E-state index contributed by atoms with van der Waals surface area (Å²) in [5.41, 5.74) is 0.720. The summed E-state index contributed by atoms with van der Waals surface area (Å²) in [5.74, 6) is -0.841. The Bertz CT molecular complexity index is 1080. The number of carbonyl (C=O) groups is 1. The summed E-state index contributed by atoms with van der Waals surface area (Å²) in [7, 11) is 0. The van der Waals surface area contributed by atoms with Gasteiger partial charge in [-0.1, -0.05) is 23.7 Å². The maximum atomic E-state index is 13.7. The molecule has 0 atom stereocenters. The molecule has 0 fully saturated rings. The van der Waals surface area contributed by atoms with Crippen LogP contribution < -0.4 is 10.9 Å². The van der Waals surface area contributed by atoms with Crippen molar-refractivity contribution in [2.24, 2.45) is 0 Å². The molecule has 3 aromatic rings. The molecule has 0 bridgehead atoms. The first-order valence-corrected chi connectivity index (χ1v) is 8.58. The van der Waals surface area contributed by atoms with Gasteiger partial charge in [0.25, 0.3) is 5.56 Å². The summed E-state index contributed by atoms with van der Waals surface area (Å²) in [5, 5.41) is 7.58. The number of aryl methyl sites for hydroxylation is 1. The Morgan fingerprint density at radius 3 is 2.70 bits per heavy atom. The molecule has 1 aromatic carbocycles. The number of halogens is 2. The highest BCUT2D eigenvalue weighted by molar-refractivity contribution is 6.30. The van der Waals surface area contributed by atoms with E-state index in [4.69, 9.17) is 11.6 Å². The predicted molar refractivity (Wildman–Crippen MR) is 102 cm³/mol. The summed E-state index contributed by atoms with van der Waals surface area (Å²) >= 11 is 5.95. The van der Waals surface area contributed by atoms with E-state index in [0.717, 1.165) is 0 Å². The number of carbonyl (C=O) groups excluding carboxylic acids is 1. The molecule has 0 unspecified atom stereocenters. The van der Waals surface area contributed by atoms with Gasteiger partial charge in [-0.15, -0.1) is 0 Å². The molecule has 27 heavy (non-hydrogen) atoms. The second kappa shape index (κ2) is 7.67. The van der Waals surface area contributed by atoms with E-state index in [1.807, 2.05) is 0 Å². The SMILES string of the molecule is CCn1nc(-c2cccc(F)c2)c(C(C)=O)c(Nc2cncc(Cl)c2)c1=O. The Labute approximate surface area is 159 Å². The fourth-order valence-corrected chi connectivity index (χ4v) is 2.88. The molecule has 0 saturated carbocycles. The van der Waals surface area contributed by atoms with E-state index in [0.29, 0.717) is 16.3 Å². The molecular weight excluding hydrogens is 371 g/mol. The van der Waals surface area contributed by atoms with Gasteiger partial charge in [0.1, 0.15) is 17.2 Å². The van der Waals surface area contributed by atoms with E-state index < -0.39 is 11.4 Å². The minimum absolute atomic E-state index is 0.0441. The fraction of sp³-hybridized carbons (Fsp3) is 0.158. The molecule has 6 nitrogen and oxygen atoms in total. The van der Waals surface area contributed by atoms with Crippen molar-refractivity contribution in [2.75, 3.05) is 5.32 Å². The van der Waals surface area contributed by atoms with Crippen LogP contribution in [0.2, 0.25) is 5.02 Å². The molecule has 0 amide bonds. The molecule has 3 rings (SSSR count). The lowest BCUT2D eigenvalue weighted by Crippen LogP contribution is -2.28. The summed E-state index contributed by atoms with van der Waals surface area (Å²) in [6.45, 7) is 3.36. The second-order valence-corrected chi connectivity index (χ2v) is 6.24. The monoisotopic (exact) mass is 386 g/mol. The van der Waals surface area contributed by atoms with Crippen molar-refractivity contribution in [1.29, 1.82) is 0 Å². The number of aromatic nitrogens is 3. The van der Waals surface area contributed by atoms with Crippen LogP contribution in [-0.4, -0.2) is 20.5 Å². The van der Waals surface area contributed by atoms with Gasteiger partial charge in [0.15, 0.2) is 5.78 Å². The Morgan fingerprint density at radius 2 is 2.07 bits per heavy atom. The second-order valence-electron chi connectivity index (χ2n) is 5.80. The summed E-state index contributed by atoms with van der Waals surface area (Å²) in [6, 6.07) is 7.29. The Kier molecular flexibility index (Phi) is 5.32. The number of pyridine rings is 1. The van der Waals surface area contributed by atoms with E-state index in [1.54, 1.807) is 19.1 Å². The zero-order chi connectivity index (χ0) is 19.6. The maximum absolute atomic E-state index is 13.7. The van der Waals surface area contributed by atoms with Crippen LogP contribution in [-0.2, 0) is 6.54 Å². The van der Waals surface area contributed by atoms with Gasteiger partial charge in [-0.25, -0.2) is 9.07 Å². The average Bonchev–Trinajstić information content (AvgIpc) is 2.63. The number of ketones is 1. The van der Waals surface area contributed by atoms with Crippen molar-refractivity contribution in [3.63, 3.8) is 0 Å². The molecule has 2 aromatic heterocycles. The van der Waals surface area contributed by atoms with Gasteiger partial charge >= 0.3 is 0 Å². The van der Waals surface area contributed by atoms with Gasteiger partial charge in [-0.2, -0.15) is 5.10 Å². The van der Waals surface area contributed by atoms with Crippen molar-refractivity contribution in [2.45, 2.75) is 20.4 Å². The lowest BCUT2D eigenvalue weighted by molar-refractivity contribution is 0.101. The molecule has 0 radical (unpaired) electrons. The van der Waals surface area contributed by atoms with Crippen molar-refractivity contribution in [3.8, 4) is 11.3 Å². The van der Waals surface area contributed by atoms with Crippen molar-refractivity contribution >= 4 is 28.8 Å². The summed E-state index contributed by atoms with van der Waals surface area (Å²) in [6.07, 6.45) is 2.93. The molecule has 0 spiro atoms. The molecule has 8 heteroatoms. The van der Waals surface area contributed by atoms with Gasteiger partial charge < -0.3 is 5.32 Å². The molecular formula is C19H16ClFN4O2. The normalized spacial score (nSPS) is 10.7. The Morgan fingerprint density at radius 1 is 1.30 bits per heavy atom. The van der Waals surface area contributed by atoms with E-state index in [9.17, 15) is 14.0 Å². The molecule has 1 N–H and O–H groups in total. The average molecular weight is 387 g/mol. The van der Waals surface area contributed by atoms with E-state index in [2.05, 4.69) is 15.4 Å². The number of Topliss-reactive ketones (excluding diaryl/α,β-unsaturated/α-hetero) is 1. The van der Waals surface area contributed by atoms with Crippen molar-refractivity contribution < 1.29 is 9.18 Å². The van der Waals surface area contributed by atoms with Crippen LogP contribution in [0.3, 0.4) is 0 Å². The molecule has 0 saturated heterocycles. The highest BCUT2D eigenvalue weighted by Crippen LogP contribution is 2.28. The molecule has 2 heterocycles. The topological polar surface area (TPSA) is 76.9 Å². The lowest BCUT2D eigenvalue weighted by Gasteiger charge is -2.16. The number of rotatable bonds is 5. The van der Waals surface area contributed by atoms with E-state index in [-0.39, 0.29) is 29.3 Å². The van der Waals surface area contributed by atoms with Crippen molar-refractivity contribution in [1.82, 2.24) is 14.8 Å². The van der Waals surface area contributed by atoms with Crippen LogP contribution in [0.4, 0.5) is 15.8 Å². The third-order valence-corrected chi connectivity index (χ3v) is 4.09. The minimum atomic E-state index is -0.470. The van der Waals surface area contributed by atoms with Crippen LogP contribution in [0.1, 0.15) is 24.2 Å². The van der Waals surface area contributed by atoms with Gasteiger partial charge in [0, 0.05) is 18.3 Å². The fourth-order valence-electron chi connectivity index (χ4n) is 2.71. The first kappa shape index (κ1) is 18.7. The lowest BCUT2D eigenvalue weighted by atomic mass is 10.0. The number of benzene rings is 1. The largest absolute Gasteiger partial charge is 0.349 e. The maximum Gasteiger partial charge on any atom is 0.291 e. The van der Waals surface area contributed by atoms with E-state index in [1.165, 1.54) is 42.2 Å². The van der Waals surface area contributed by atoms with Crippen molar-refractivity contribution in [3.05, 3.63) is 69.5 Å². The predicted octanol–water partition coefficient (Wildman–Crippen LogP) is 4.06. The highest BCUT2D eigenvalue weighted by Gasteiger charge is 2.22. The number of anilines is 2. The van der Waals surface area contributed by atoms with Crippen LogP contribution >= 0.6 is 11.6 Å². The summed E-state index contributed by atoms with van der Waals surface area (Å²) < 4.78 is 14.9. The van der Waals surface area contributed by atoms with E-state index >= 15 is 0 Å². The Hall–Kier alpha value is -3.06.